The molecule has 0 radical (unpaired) electrons. The van der Waals surface area contributed by atoms with Crippen LogP contribution < -0.4 is 9.50 Å². The van der Waals surface area contributed by atoms with Crippen molar-refractivity contribution in [2.24, 2.45) is 7.05 Å². The lowest BCUT2D eigenvalue weighted by Crippen LogP contribution is -2.22. The molecule has 0 unspecified atom stereocenters. The molecule has 156 valence electrons. The quantitative estimate of drug-likeness (QED) is 0.458. The van der Waals surface area contributed by atoms with Gasteiger partial charge in [0.15, 0.2) is 0 Å². The first-order valence-corrected chi connectivity index (χ1v) is 10.3. The molecule has 0 spiro atoms. The number of carbonyl (C=O) groups excluding carboxylic acids is 2. The van der Waals surface area contributed by atoms with Crippen LogP contribution in [0.1, 0.15) is 26.4 Å². The van der Waals surface area contributed by atoms with Crippen molar-refractivity contribution in [2.75, 3.05) is 7.11 Å². The fourth-order valence-electron chi connectivity index (χ4n) is 2.72. The molecule has 1 amide bonds. The molecule has 1 heterocycles. The molecule has 1 aromatic heterocycles. The number of amides is 1. The van der Waals surface area contributed by atoms with Gasteiger partial charge in [-0.15, -0.1) is 0 Å². The Hall–Kier alpha value is -3.59. The van der Waals surface area contributed by atoms with Crippen molar-refractivity contribution in [2.45, 2.75) is 11.4 Å². The van der Waals surface area contributed by atoms with Crippen molar-refractivity contribution in [3.63, 3.8) is 0 Å². The molecule has 1 N–H and O–H groups in total. The third kappa shape index (κ3) is 4.87. The summed E-state index contributed by atoms with van der Waals surface area (Å²) in [5.41, 5.74) is 1.25. The first kappa shape index (κ1) is 21.1. The number of hydrogen-bond donors (Lipinski definition) is 1. The summed E-state index contributed by atoms with van der Waals surface area (Å²) in [4.78, 5) is 23.9. The summed E-state index contributed by atoms with van der Waals surface area (Å²) in [6.07, 6.45) is 1.25. The van der Waals surface area contributed by atoms with Gasteiger partial charge in [-0.05, 0) is 29.8 Å². The van der Waals surface area contributed by atoms with Crippen molar-refractivity contribution in [3.8, 4) is 5.75 Å². The standard InChI is InChI=1S/C21H20N2O6S/c1-23-14-18(12-19(23)21(25)28-2)30(26,27)29-17-10-6-9-16(11-17)20(24)22-13-15-7-4-3-5-8-15/h3-12,14H,13H2,1-2H3,(H,22,24). The van der Waals surface area contributed by atoms with Crippen LogP contribution in [0.4, 0.5) is 0 Å². The summed E-state index contributed by atoms with van der Waals surface area (Å²) in [6.45, 7) is 0.337. The lowest BCUT2D eigenvalue weighted by Gasteiger charge is -2.08. The zero-order valence-electron chi connectivity index (χ0n) is 16.4. The molecule has 3 aromatic rings. The number of ether oxygens (including phenoxy) is 1. The lowest BCUT2D eigenvalue weighted by molar-refractivity contribution is 0.0589. The molecule has 30 heavy (non-hydrogen) atoms. The maximum Gasteiger partial charge on any atom is 0.354 e. The third-order valence-corrected chi connectivity index (χ3v) is 5.47. The van der Waals surface area contributed by atoms with Crippen molar-refractivity contribution >= 4 is 22.0 Å². The number of carbonyl (C=O) groups is 2. The highest BCUT2D eigenvalue weighted by molar-refractivity contribution is 7.87. The normalized spacial score (nSPS) is 11.0. The van der Waals surface area contributed by atoms with Crippen LogP contribution in [0, 0.1) is 0 Å². The number of aromatic nitrogens is 1. The molecule has 3 rings (SSSR count). The molecule has 8 nitrogen and oxygen atoms in total. The molecule has 0 saturated carbocycles. The van der Waals surface area contributed by atoms with Crippen LogP contribution >= 0.6 is 0 Å². The summed E-state index contributed by atoms with van der Waals surface area (Å²) in [6, 6.07) is 16.4. The van der Waals surface area contributed by atoms with E-state index >= 15 is 0 Å². The number of esters is 1. The summed E-state index contributed by atoms with van der Waals surface area (Å²) in [5.74, 6) is -1.06. The van der Waals surface area contributed by atoms with Gasteiger partial charge >= 0.3 is 16.1 Å². The number of rotatable bonds is 7. The smallest absolute Gasteiger partial charge is 0.354 e. The first-order valence-electron chi connectivity index (χ1n) is 8.91. The van der Waals surface area contributed by atoms with Gasteiger partial charge in [0, 0.05) is 25.4 Å². The van der Waals surface area contributed by atoms with Crippen LogP contribution in [-0.4, -0.2) is 32.0 Å². The largest absolute Gasteiger partial charge is 0.464 e. The van der Waals surface area contributed by atoms with Gasteiger partial charge in [0.2, 0.25) is 0 Å². The molecule has 0 fully saturated rings. The molecule has 0 bridgehead atoms. The molecule has 0 atom stereocenters. The number of benzene rings is 2. The monoisotopic (exact) mass is 428 g/mol. The zero-order chi connectivity index (χ0) is 21.7. The Morgan fingerprint density at radius 3 is 2.47 bits per heavy atom. The molecule has 2 aromatic carbocycles. The SMILES string of the molecule is COC(=O)c1cc(S(=O)(=O)Oc2cccc(C(=O)NCc3ccccc3)c2)cn1C. The second kappa shape index (κ2) is 8.83. The van der Waals surface area contributed by atoms with E-state index in [1.54, 1.807) is 6.07 Å². The minimum atomic E-state index is -4.21. The van der Waals surface area contributed by atoms with Crippen LogP contribution in [0.5, 0.6) is 5.75 Å². The summed E-state index contributed by atoms with van der Waals surface area (Å²) < 4.78 is 36.3. The Balaban J connectivity index is 1.74. The number of nitrogens with zero attached hydrogens (tertiary/aromatic N) is 1. The van der Waals surface area contributed by atoms with Gasteiger partial charge in [-0.1, -0.05) is 36.4 Å². The number of methoxy groups -OCH3 is 1. The number of aryl methyl sites for hydroxylation is 1. The third-order valence-electron chi connectivity index (χ3n) is 4.26. The van der Waals surface area contributed by atoms with Crippen LogP contribution in [0.2, 0.25) is 0 Å². The van der Waals surface area contributed by atoms with Crippen LogP contribution in [-0.2, 0) is 28.4 Å². The Kier molecular flexibility index (Phi) is 6.22. The molecule has 0 aliphatic carbocycles. The van der Waals surface area contributed by atoms with Gasteiger partial charge in [-0.3, -0.25) is 4.79 Å². The van der Waals surface area contributed by atoms with E-state index in [1.807, 2.05) is 30.3 Å². The minimum Gasteiger partial charge on any atom is -0.464 e. The van der Waals surface area contributed by atoms with E-state index in [9.17, 15) is 18.0 Å². The average molecular weight is 428 g/mol. The van der Waals surface area contributed by atoms with Gasteiger partial charge in [0.25, 0.3) is 5.91 Å². The summed E-state index contributed by atoms with van der Waals surface area (Å²) >= 11 is 0. The minimum absolute atomic E-state index is 0.0224. The van der Waals surface area contributed by atoms with E-state index in [1.165, 1.54) is 43.1 Å². The maximum absolute atomic E-state index is 12.6. The van der Waals surface area contributed by atoms with Crippen molar-refractivity contribution < 1.29 is 26.9 Å². The van der Waals surface area contributed by atoms with E-state index in [4.69, 9.17) is 4.18 Å². The Bertz CT molecular complexity index is 1170. The van der Waals surface area contributed by atoms with Gasteiger partial charge in [-0.25, -0.2) is 4.79 Å². The highest BCUT2D eigenvalue weighted by Gasteiger charge is 2.23. The molecule has 0 saturated heterocycles. The number of hydrogen-bond acceptors (Lipinski definition) is 6. The van der Waals surface area contributed by atoms with Gasteiger partial charge in [0.05, 0.1) is 7.11 Å². The predicted octanol–water partition coefficient (Wildman–Crippen LogP) is 2.51. The first-order chi connectivity index (χ1) is 14.3. The maximum atomic E-state index is 12.6. The summed E-state index contributed by atoms with van der Waals surface area (Å²) in [7, 11) is -1.50. The molecular formula is C21H20N2O6S. The van der Waals surface area contributed by atoms with E-state index in [-0.39, 0.29) is 27.8 Å². The van der Waals surface area contributed by atoms with Crippen molar-refractivity contribution in [3.05, 3.63) is 83.7 Å². The van der Waals surface area contributed by atoms with Crippen LogP contribution in [0.15, 0.2) is 71.8 Å². The van der Waals surface area contributed by atoms with Gasteiger partial charge in [-0.2, -0.15) is 8.42 Å². The van der Waals surface area contributed by atoms with Crippen LogP contribution in [0.3, 0.4) is 0 Å². The molecular weight excluding hydrogens is 408 g/mol. The summed E-state index contributed by atoms with van der Waals surface area (Å²) in [5, 5.41) is 2.77. The average Bonchev–Trinajstić information content (AvgIpc) is 3.14. The Morgan fingerprint density at radius 2 is 1.77 bits per heavy atom. The van der Waals surface area contributed by atoms with Crippen LogP contribution in [0.25, 0.3) is 0 Å². The molecule has 9 heteroatoms. The second-order valence-electron chi connectivity index (χ2n) is 6.40. The number of nitrogens with one attached hydrogen (secondary N) is 1. The Labute approximate surface area is 174 Å². The van der Waals surface area contributed by atoms with Gasteiger partial charge in [0.1, 0.15) is 16.3 Å². The lowest BCUT2D eigenvalue weighted by atomic mass is 10.2. The highest BCUT2D eigenvalue weighted by Crippen LogP contribution is 2.22. The fraction of sp³-hybridized carbons (Fsp3) is 0.143. The van der Waals surface area contributed by atoms with E-state index < -0.39 is 16.1 Å². The Morgan fingerprint density at radius 1 is 1.03 bits per heavy atom. The fourth-order valence-corrected chi connectivity index (χ4v) is 3.72. The van der Waals surface area contributed by atoms with Gasteiger partial charge < -0.3 is 18.8 Å². The van der Waals surface area contributed by atoms with E-state index in [0.717, 1.165) is 11.6 Å². The predicted molar refractivity (Wildman–Crippen MR) is 109 cm³/mol. The molecule has 0 aliphatic rings. The van der Waals surface area contributed by atoms with Crippen molar-refractivity contribution in [1.82, 2.24) is 9.88 Å². The topological polar surface area (TPSA) is 104 Å². The second-order valence-corrected chi connectivity index (χ2v) is 7.94. The highest BCUT2D eigenvalue weighted by atomic mass is 32.2. The van der Waals surface area contributed by atoms with E-state index in [2.05, 4.69) is 10.1 Å². The van der Waals surface area contributed by atoms with E-state index in [0.29, 0.717) is 6.54 Å². The zero-order valence-corrected chi connectivity index (χ0v) is 17.2. The molecule has 0 aliphatic heterocycles. The van der Waals surface area contributed by atoms with Crippen molar-refractivity contribution in [1.29, 1.82) is 0 Å².